The number of nitrogens with zero attached hydrogens (tertiary/aromatic N) is 1. The van der Waals surface area contributed by atoms with Gasteiger partial charge in [-0.1, -0.05) is 6.92 Å². The molecular formula is C12H14N2O4. The Labute approximate surface area is 104 Å². The van der Waals surface area contributed by atoms with Crippen molar-refractivity contribution in [1.82, 2.24) is 4.98 Å². The maximum Gasteiger partial charge on any atom is 0.411 e. The number of oxazole rings is 1. The smallest absolute Gasteiger partial charge is 0.411 e. The minimum Gasteiger partial charge on any atom is -0.447 e. The fourth-order valence-corrected chi connectivity index (χ4v) is 1.50. The Balaban J connectivity index is 2.11. The molecule has 1 heterocycles. The van der Waals surface area contributed by atoms with Crippen LogP contribution in [0.3, 0.4) is 0 Å². The van der Waals surface area contributed by atoms with E-state index in [-0.39, 0.29) is 13.2 Å². The van der Waals surface area contributed by atoms with Gasteiger partial charge in [0.15, 0.2) is 11.5 Å². The minimum atomic E-state index is -0.609. The molecule has 18 heavy (non-hydrogen) atoms. The van der Waals surface area contributed by atoms with Gasteiger partial charge in [-0.3, -0.25) is 5.32 Å². The largest absolute Gasteiger partial charge is 0.447 e. The van der Waals surface area contributed by atoms with Gasteiger partial charge in [-0.25, -0.2) is 9.78 Å². The lowest BCUT2D eigenvalue weighted by atomic mass is 10.3. The van der Waals surface area contributed by atoms with Crippen molar-refractivity contribution in [2.45, 2.75) is 13.3 Å². The first-order valence-electron chi connectivity index (χ1n) is 5.67. The number of fused-ring (bicyclic) bond motifs is 1. The Bertz CT molecular complexity index is 550. The zero-order valence-electron chi connectivity index (χ0n) is 9.97. The molecule has 2 rings (SSSR count). The molecule has 0 aliphatic carbocycles. The molecular weight excluding hydrogens is 236 g/mol. The Morgan fingerprint density at radius 2 is 2.39 bits per heavy atom. The summed E-state index contributed by atoms with van der Waals surface area (Å²) in [5.74, 6) is 0.657. The van der Waals surface area contributed by atoms with Gasteiger partial charge in [-0.05, 0) is 18.2 Å². The molecule has 0 saturated heterocycles. The molecule has 1 amide bonds. The highest BCUT2D eigenvalue weighted by atomic mass is 16.6. The molecule has 2 N–H and O–H groups in total. The Morgan fingerprint density at radius 3 is 3.11 bits per heavy atom. The number of carbonyl (C=O) groups excluding carboxylic acids is 1. The SMILES string of the molecule is CCc1nc2cc(NC(=O)OCCO)ccc2o1. The van der Waals surface area contributed by atoms with Gasteiger partial charge in [0, 0.05) is 12.1 Å². The molecule has 0 saturated carbocycles. The number of rotatable bonds is 4. The molecule has 0 unspecified atom stereocenters. The number of aromatic nitrogens is 1. The molecule has 0 aliphatic heterocycles. The first-order chi connectivity index (χ1) is 8.72. The molecule has 0 spiro atoms. The molecule has 0 aliphatic rings. The van der Waals surface area contributed by atoms with Gasteiger partial charge in [0.2, 0.25) is 0 Å². The number of aliphatic hydroxyl groups excluding tert-OH is 1. The lowest BCUT2D eigenvalue weighted by Gasteiger charge is -2.04. The normalized spacial score (nSPS) is 10.6. The average Bonchev–Trinajstić information content (AvgIpc) is 2.78. The monoisotopic (exact) mass is 250 g/mol. The van der Waals surface area contributed by atoms with E-state index < -0.39 is 6.09 Å². The number of anilines is 1. The first kappa shape index (κ1) is 12.4. The quantitative estimate of drug-likeness (QED) is 0.866. The van der Waals surface area contributed by atoms with E-state index in [1.54, 1.807) is 18.2 Å². The van der Waals surface area contributed by atoms with E-state index in [1.165, 1.54) is 0 Å². The van der Waals surface area contributed by atoms with Crippen molar-refractivity contribution in [2.75, 3.05) is 18.5 Å². The third kappa shape index (κ3) is 2.78. The van der Waals surface area contributed by atoms with Crippen LogP contribution in [-0.4, -0.2) is 29.4 Å². The number of aryl methyl sites for hydroxylation is 1. The minimum absolute atomic E-state index is 0.0297. The van der Waals surface area contributed by atoms with Crippen LogP contribution >= 0.6 is 0 Å². The molecule has 0 bridgehead atoms. The fourth-order valence-electron chi connectivity index (χ4n) is 1.50. The Hall–Kier alpha value is -2.08. The second-order valence-corrected chi connectivity index (χ2v) is 3.63. The highest BCUT2D eigenvalue weighted by Crippen LogP contribution is 2.20. The lowest BCUT2D eigenvalue weighted by molar-refractivity contribution is 0.131. The van der Waals surface area contributed by atoms with Crippen LogP contribution in [0, 0.1) is 0 Å². The fraction of sp³-hybridized carbons (Fsp3) is 0.333. The van der Waals surface area contributed by atoms with E-state index >= 15 is 0 Å². The van der Waals surface area contributed by atoms with Gasteiger partial charge in [0.25, 0.3) is 0 Å². The molecule has 2 aromatic rings. The Morgan fingerprint density at radius 1 is 1.56 bits per heavy atom. The van der Waals surface area contributed by atoms with E-state index in [0.717, 1.165) is 6.42 Å². The van der Waals surface area contributed by atoms with Gasteiger partial charge in [0.05, 0.1) is 6.61 Å². The molecule has 0 radical (unpaired) electrons. The topological polar surface area (TPSA) is 84.6 Å². The average molecular weight is 250 g/mol. The van der Waals surface area contributed by atoms with Crippen molar-refractivity contribution in [3.8, 4) is 0 Å². The third-order valence-corrected chi connectivity index (χ3v) is 2.31. The van der Waals surface area contributed by atoms with Crippen molar-refractivity contribution in [2.24, 2.45) is 0 Å². The second-order valence-electron chi connectivity index (χ2n) is 3.63. The van der Waals surface area contributed by atoms with Crippen LogP contribution in [0.5, 0.6) is 0 Å². The van der Waals surface area contributed by atoms with Gasteiger partial charge >= 0.3 is 6.09 Å². The highest BCUT2D eigenvalue weighted by molar-refractivity contribution is 5.88. The van der Waals surface area contributed by atoms with Crippen molar-refractivity contribution < 1.29 is 19.1 Å². The standard InChI is InChI=1S/C12H14N2O4/c1-2-11-14-9-7-8(3-4-10(9)18-11)13-12(16)17-6-5-15/h3-4,7,15H,2,5-6H2,1H3,(H,13,16). The van der Waals surface area contributed by atoms with E-state index in [2.05, 4.69) is 15.0 Å². The first-order valence-corrected chi connectivity index (χ1v) is 5.67. The zero-order valence-corrected chi connectivity index (χ0v) is 9.97. The predicted octanol–water partition coefficient (Wildman–Crippen LogP) is 1.93. The van der Waals surface area contributed by atoms with Gasteiger partial charge in [-0.2, -0.15) is 0 Å². The molecule has 96 valence electrons. The number of hydrogen-bond acceptors (Lipinski definition) is 5. The maximum atomic E-state index is 11.3. The number of aliphatic hydroxyl groups is 1. The summed E-state index contributed by atoms with van der Waals surface area (Å²) < 4.78 is 10.1. The van der Waals surface area contributed by atoms with Crippen molar-refractivity contribution in [1.29, 1.82) is 0 Å². The van der Waals surface area contributed by atoms with Crippen LogP contribution < -0.4 is 5.32 Å². The van der Waals surface area contributed by atoms with Crippen molar-refractivity contribution in [3.05, 3.63) is 24.1 Å². The van der Waals surface area contributed by atoms with E-state index in [4.69, 9.17) is 9.52 Å². The number of nitrogens with one attached hydrogen (secondary N) is 1. The lowest BCUT2D eigenvalue weighted by Crippen LogP contribution is -2.15. The van der Waals surface area contributed by atoms with Gasteiger partial charge in [-0.15, -0.1) is 0 Å². The molecule has 0 fully saturated rings. The summed E-state index contributed by atoms with van der Waals surface area (Å²) in [6.45, 7) is 1.73. The van der Waals surface area contributed by atoms with Gasteiger partial charge < -0.3 is 14.3 Å². The predicted molar refractivity (Wildman–Crippen MR) is 65.4 cm³/mol. The highest BCUT2D eigenvalue weighted by Gasteiger charge is 2.07. The number of benzene rings is 1. The maximum absolute atomic E-state index is 11.3. The molecule has 6 nitrogen and oxygen atoms in total. The van der Waals surface area contributed by atoms with E-state index in [1.807, 2.05) is 6.92 Å². The summed E-state index contributed by atoms with van der Waals surface area (Å²) in [5.41, 5.74) is 1.94. The molecule has 0 atom stereocenters. The molecule has 1 aromatic carbocycles. The molecule has 6 heteroatoms. The van der Waals surface area contributed by atoms with Crippen LogP contribution in [0.2, 0.25) is 0 Å². The van der Waals surface area contributed by atoms with Crippen molar-refractivity contribution in [3.63, 3.8) is 0 Å². The van der Waals surface area contributed by atoms with Crippen LogP contribution in [0.25, 0.3) is 11.1 Å². The second kappa shape index (κ2) is 5.50. The zero-order chi connectivity index (χ0) is 13.0. The van der Waals surface area contributed by atoms with Crippen LogP contribution in [0.1, 0.15) is 12.8 Å². The molecule has 1 aromatic heterocycles. The summed E-state index contributed by atoms with van der Waals surface area (Å²) in [5, 5.41) is 11.1. The summed E-state index contributed by atoms with van der Waals surface area (Å²) >= 11 is 0. The number of amides is 1. The van der Waals surface area contributed by atoms with Crippen LogP contribution in [-0.2, 0) is 11.2 Å². The number of carbonyl (C=O) groups is 1. The summed E-state index contributed by atoms with van der Waals surface area (Å²) in [6, 6.07) is 5.15. The summed E-state index contributed by atoms with van der Waals surface area (Å²) in [4.78, 5) is 15.5. The number of hydrogen-bond donors (Lipinski definition) is 2. The Kier molecular flexibility index (Phi) is 3.78. The van der Waals surface area contributed by atoms with E-state index in [0.29, 0.717) is 22.7 Å². The van der Waals surface area contributed by atoms with Crippen molar-refractivity contribution >= 4 is 22.9 Å². The van der Waals surface area contributed by atoms with Crippen LogP contribution in [0.15, 0.2) is 22.6 Å². The third-order valence-electron chi connectivity index (χ3n) is 2.31. The van der Waals surface area contributed by atoms with Gasteiger partial charge in [0.1, 0.15) is 12.1 Å². The van der Waals surface area contributed by atoms with E-state index in [9.17, 15) is 4.79 Å². The number of ether oxygens (including phenoxy) is 1. The summed E-state index contributed by atoms with van der Waals surface area (Å²) in [6.07, 6.45) is 0.110. The summed E-state index contributed by atoms with van der Waals surface area (Å²) in [7, 11) is 0. The van der Waals surface area contributed by atoms with Crippen LogP contribution in [0.4, 0.5) is 10.5 Å².